The van der Waals surface area contributed by atoms with Gasteiger partial charge in [-0.3, -0.25) is 4.79 Å². The number of carbonyl (C=O) groups is 1. The maximum atomic E-state index is 13.0. The Morgan fingerprint density at radius 1 is 1.00 bits per heavy atom. The van der Waals surface area contributed by atoms with E-state index in [-0.39, 0.29) is 25.2 Å². The Labute approximate surface area is 116 Å². The van der Waals surface area contributed by atoms with E-state index in [9.17, 15) is 13.6 Å². The summed E-state index contributed by atoms with van der Waals surface area (Å²) in [4.78, 5) is 11.7. The molecule has 2 nitrogen and oxygen atoms in total. The Kier molecular flexibility index (Phi) is 4.82. The second-order valence-electron chi connectivity index (χ2n) is 4.40. The van der Waals surface area contributed by atoms with Gasteiger partial charge >= 0.3 is 0 Å². The molecule has 0 bridgehead atoms. The van der Waals surface area contributed by atoms with Crippen molar-refractivity contribution in [2.45, 2.75) is 12.8 Å². The van der Waals surface area contributed by atoms with Crippen LogP contribution in [0.25, 0.3) is 0 Å². The molecule has 0 heterocycles. The van der Waals surface area contributed by atoms with Crippen LogP contribution in [-0.4, -0.2) is 12.4 Å². The SMILES string of the molecule is O=C(CCOc1ccccc1)Cc1cc(F)cc(F)c1. The highest BCUT2D eigenvalue weighted by atomic mass is 19.1. The molecule has 2 aromatic rings. The van der Waals surface area contributed by atoms with E-state index in [4.69, 9.17) is 4.74 Å². The van der Waals surface area contributed by atoms with Gasteiger partial charge in [-0.05, 0) is 29.8 Å². The first kappa shape index (κ1) is 14.2. The quantitative estimate of drug-likeness (QED) is 0.806. The summed E-state index contributed by atoms with van der Waals surface area (Å²) in [5, 5.41) is 0. The van der Waals surface area contributed by atoms with Gasteiger partial charge in [-0.15, -0.1) is 0 Å². The molecule has 0 fully saturated rings. The third kappa shape index (κ3) is 4.46. The average molecular weight is 276 g/mol. The predicted octanol–water partition coefficient (Wildman–Crippen LogP) is 3.55. The number of hydrogen-bond acceptors (Lipinski definition) is 2. The normalized spacial score (nSPS) is 10.3. The molecule has 4 heteroatoms. The highest BCUT2D eigenvalue weighted by Gasteiger charge is 2.07. The minimum atomic E-state index is -0.673. The van der Waals surface area contributed by atoms with Gasteiger partial charge in [0, 0.05) is 18.9 Å². The lowest BCUT2D eigenvalue weighted by molar-refractivity contribution is -0.118. The maximum Gasteiger partial charge on any atom is 0.140 e. The van der Waals surface area contributed by atoms with Gasteiger partial charge in [0.05, 0.1) is 6.61 Å². The highest BCUT2D eigenvalue weighted by molar-refractivity contribution is 5.80. The maximum absolute atomic E-state index is 13.0. The van der Waals surface area contributed by atoms with Crippen molar-refractivity contribution in [1.29, 1.82) is 0 Å². The van der Waals surface area contributed by atoms with Gasteiger partial charge in [0.25, 0.3) is 0 Å². The summed E-state index contributed by atoms with van der Waals surface area (Å²) in [6, 6.07) is 12.3. The Balaban J connectivity index is 1.81. The number of ketones is 1. The topological polar surface area (TPSA) is 26.3 Å². The first-order valence-corrected chi connectivity index (χ1v) is 6.28. The number of rotatable bonds is 6. The molecule has 0 radical (unpaired) electrons. The second kappa shape index (κ2) is 6.80. The van der Waals surface area contributed by atoms with Crippen molar-refractivity contribution >= 4 is 5.78 Å². The van der Waals surface area contributed by atoms with E-state index in [1.807, 2.05) is 18.2 Å². The molecule has 0 aliphatic carbocycles. The lowest BCUT2D eigenvalue weighted by Crippen LogP contribution is -2.09. The van der Waals surface area contributed by atoms with Crippen molar-refractivity contribution < 1.29 is 18.3 Å². The summed E-state index contributed by atoms with van der Waals surface area (Å²) in [5.74, 6) is -0.773. The Morgan fingerprint density at radius 2 is 1.65 bits per heavy atom. The number of halogens is 2. The summed E-state index contributed by atoms with van der Waals surface area (Å²) >= 11 is 0. The molecule has 0 spiro atoms. The van der Waals surface area contributed by atoms with E-state index in [1.54, 1.807) is 12.1 Å². The van der Waals surface area contributed by atoms with Crippen molar-refractivity contribution in [3.63, 3.8) is 0 Å². The molecule has 104 valence electrons. The molecule has 0 unspecified atom stereocenters. The van der Waals surface area contributed by atoms with E-state index in [2.05, 4.69) is 0 Å². The molecular weight excluding hydrogens is 262 g/mol. The average Bonchev–Trinajstić information content (AvgIpc) is 2.38. The van der Waals surface area contributed by atoms with Crippen LogP contribution < -0.4 is 4.74 Å². The lowest BCUT2D eigenvalue weighted by Gasteiger charge is -2.05. The van der Waals surface area contributed by atoms with Gasteiger partial charge in [-0.1, -0.05) is 18.2 Å². The van der Waals surface area contributed by atoms with Crippen LogP contribution in [0.5, 0.6) is 5.75 Å². The Bertz CT molecular complexity index is 562. The zero-order chi connectivity index (χ0) is 14.4. The van der Waals surface area contributed by atoms with Crippen LogP contribution in [0.15, 0.2) is 48.5 Å². The molecule has 0 amide bonds. The van der Waals surface area contributed by atoms with Crippen molar-refractivity contribution in [3.05, 3.63) is 65.7 Å². The largest absolute Gasteiger partial charge is 0.493 e. The number of carbonyl (C=O) groups excluding carboxylic acids is 1. The van der Waals surface area contributed by atoms with Gasteiger partial charge in [-0.25, -0.2) is 8.78 Å². The minimum absolute atomic E-state index is 0.00678. The van der Waals surface area contributed by atoms with E-state index in [0.717, 1.165) is 6.07 Å². The smallest absolute Gasteiger partial charge is 0.140 e. The van der Waals surface area contributed by atoms with Crippen LogP contribution in [0.1, 0.15) is 12.0 Å². The number of benzene rings is 2. The molecular formula is C16H14F2O2. The molecule has 0 saturated heterocycles. The van der Waals surface area contributed by atoms with Gasteiger partial charge in [-0.2, -0.15) is 0 Å². The van der Waals surface area contributed by atoms with Gasteiger partial charge in [0.15, 0.2) is 0 Å². The Hall–Kier alpha value is -2.23. The van der Waals surface area contributed by atoms with Crippen molar-refractivity contribution in [3.8, 4) is 5.75 Å². The highest BCUT2D eigenvalue weighted by Crippen LogP contribution is 2.11. The first-order chi connectivity index (χ1) is 9.63. The van der Waals surface area contributed by atoms with Crippen LogP contribution in [0.2, 0.25) is 0 Å². The summed E-state index contributed by atoms with van der Waals surface area (Å²) in [6.07, 6.45) is 0.208. The first-order valence-electron chi connectivity index (χ1n) is 6.28. The number of ether oxygens (including phenoxy) is 1. The van der Waals surface area contributed by atoms with Gasteiger partial charge in [0.1, 0.15) is 23.2 Å². The van der Waals surface area contributed by atoms with Crippen LogP contribution in [0, 0.1) is 11.6 Å². The number of para-hydroxylation sites is 1. The molecule has 0 aromatic heterocycles. The van der Waals surface area contributed by atoms with Gasteiger partial charge < -0.3 is 4.74 Å². The van der Waals surface area contributed by atoms with Crippen molar-refractivity contribution in [2.75, 3.05) is 6.61 Å². The van der Waals surface area contributed by atoms with Crippen LogP contribution in [-0.2, 0) is 11.2 Å². The summed E-state index contributed by atoms with van der Waals surface area (Å²) in [7, 11) is 0. The molecule has 2 rings (SSSR count). The van der Waals surface area contributed by atoms with E-state index < -0.39 is 11.6 Å². The molecule has 2 aromatic carbocycles. The van der Waals surface area contributed by atoms with E-state index >= 15 is 0 Å². The zero-order valence-corrected chi connectivity index (χ0v) is 10.8. The van der Waals surface area contributed by atoms with Crippen LogP contribution >= 0.6 is 0 Å². The van der Waals surface area contributed by atoms with Gasteiger partial charge in [0.2, 0.25) is 0 Å². The summed E-state index contributed by atoms with van der Waals surface area (Å²) in [6.45, 7) is 0.251. The minimum Gasteiger partial charge on any atom is -0.493 e. The Morgan fingerprint density at radius 3 is 2.30 bits per heavy atom. The summed E-state index contributed by atoms with van der Waals surface area (Å²) in [5.41, 5.74) is 0.340. The fraction of sp³-hybridized carbons (Fsp3) is 0.188. The molecule has 20 heavy (non-hydrogen) atoms. The molecule has 0 aliphatic rings. The monoisotopic (exact) mass is 276 g/mol. The summed E-state index contributed by atoms with van der Waals surface area (Å²) < 4.78 is 31.3. The standard InChI is InChI=1S/C16H14F2O2/c17-13-8-12(9-14(18)11-13)10-15(19)6-7-20-16-4-2-1-3-5-16/h1-5,8-9,11H,6-7,10H2. The third-order valence-corrected chi connectivity index (χ3v) is 2.72. The van der Waals surface area contributed by atoms with E-state index in [0.29, 0.717) is 11.3 Å². The second-order valence-corrected chi connectivity index (χ2v) is 4.40. The van der Waals surface area contributed by atoms with Crippen molar-refractivity contribution in [1.82, 2.24) is 0 Å². The van der Waals surface area contributed by atoms with E-state index in [1.165, 1.54) is 12.1 Å². The number of hydrogen-bond donors (Lipinski definition) is 0. The molecule has 0 N–H and O–H groups in total. The third-order valence-electron chi connectivity index (χ3n) is 2.72. The molecule has 0 saturated carbocycles. The fourth-order valence-electron chi connectivity index (χ4n) is 1.83. The van der Waals surface area contributed by atoms with Crippen molar-refractivity contribution in [2.24, 2.45) is 0 Å². The predicted molar refractivity (Wildman–Crippen MR) is 71.6 cm³/mol. The molecule has 0 aliphatic heterocycles. The van der Waals surface area contributed by atoms with Crippen LogP contribution in [0.3, 0.4) is 0 Å². The lowest BCUT2D eigenvalue weighted by atomic mass is 10.1. The zero-order valence-electron chi connectivity index (χ0n) is 10.8. The number of Topliss-reactive ketones (excluding diaryl/α,β-unsaturated/α-hetero) is 1. The molecule has 0 atom stereocenters. The van der Waals surface area contributed by atoms with Crippen LogP contribution in [0.4, 0.5) is 8.78 Å². The fourth-order valence-corrected chi connectivity index (χ4v) is 1.83.